The van der Waals surface area contributed by atoms with Crippen LogP contribution >= 0.6 is 11.3 Å². The fraction of sp³-hybridized carbons (Fsp3) is 0.389. The van der Waals surface area contributed by atoms with Crippen LogP contribution in [0.5, 0.6) is 0 Å². The van der Waals surface area contributed by atoms with Gasteiger partial charge in [0.15, 0.2) is 0 Å². The summed E-state index contributed by atoms with van der Waals surface area (Å²) in [6.07, 6.45) is 1.81. The molecule has 5 nitrogen and oxygen atoms in total. The van der Waals surface area contributed by atoms with E-state index in [4.69, 9.17) is 0 Å². The number of urea groups is 1. The summed E-state index contributed by atoms with van der Waals surface area (Å²) in [5.74, 6) is 0. The minimum absolute atomic E-state index is 0.188. The van der Waals surface area contributed by atoms with Crippen LogP contribution in [0, 0.1) is 6.92 Å². The highest BCUT2D eigenvalue weighted by molar-refractivity contribution is 7.07. The van der Waals surface area contributed by atoms with Gasteiger partial charge in [-0.1, -0.05) is 0 Å². The van der Waals surface area contributed by atoms with Crippen molar-refractivity contribution in [1.82, 2.24) is 5.32 Å². The molecule has 0 bridgehead atoms. The van der Waals surface area contributed by atoms with Crippen molar-refractivity contribution in [3.63, 3.8) is 0 Å². The van der Waals surface area contributed by atoms with Crippen molar-refractivity contribution in [2.75, 3.05) is 29.9 Å². The number of carbonyl (C=O) groups excluding carboxylic acids is 1. The maximum atomic E-state index is 12.0. The van der Waals surface area contributed by atoms with Crippen LogP contribution in [-0.4, -0.2) is 30.8 Å². The first kappa shape index (κ1) is 16.8. The normalized spacial score (nSPS) is 15.3. The molecule has 2 heterocycles. The molecule has 0 aliphatic carbocycles. The summed E-state index contributed by atoms with van der Waals surface area (Å²) in [6, 6.07) is 7.53. The predicted molar refractivity (Wildman–Crippen MR) is 98.9 cm³/mol. The van der Waals surface area contributed by atoms with Crippen LogP contribution in [0.2, 0.25) is 0 Å². The summed E-state index contributed by atoms with van der Waals surface area (Å²) in [5.41, 5.74) is 3.99. The number of aliphatic hydroxyl groups excluding tert-OH is 1. The molecular weight excluding hydrogens is 322 g/mol. The van der Waals surface area contributed by atoms with Crippen molar-refractivity contribution < 1.29 is 9.90 Å². The van der Waals surface area contributed by atoms with E-state index in [1.807, 2.05) is 29.0 Å². The average molecular weight is 345 g/mol. The molecule has 1 aliphatic rings. The lowest BCUT2D eigenvalue weighted by Crippen LogP contribution is -2.32. The van der Waals surface area contributed by atoms with Gasteiger partial charge in [-0.25, -0.2) is 4.79 Å². The summed E-state index contributed by atoms with van der Waals surface area (Å²) in [6.45, 7) is 4.47. The molecule has 6 heteroatoms. The Bertz CT molecular complexity index is 682. The summed E-state index contributed by atoms with van der Waals surface area (Å²) < 4.78 is 0. The molecule has 1 aromatic heterocycles. The fourth-order valence-electron chi connectivity index (χ4n) is 2.99. The number of anilines is 2. The number of hydrogen-bond donors (Lipinski definition) is 3. The van der Waals surface area contributed by atoms with Crippen molar-refractivity contribution in [3.8, 4) is 0 Å². The van der Waals surface area contributed by atoms with Crippen molar-refractivity contribution >= 4 is 28.7 Å². The zero-order valence-corrected chi connectivity index (χ0v) is 14.6. The lowest BCUT2D eigenvalue weighted by molar-refractivity contribution is 0.175. The van der Waals surface area contributed by atoms with Gasteiger partial charge >= 0.3 is 6.03 Å². The van der Waals surface area contributed by atoms with Gasteiger partial charge in [0.05, 0.1) is 6.10 Å². The third kappa shape index (κ3) is 4.07. The van der Waals surface area contributed by atoms with Crippen LogP contribution in [0.3, 0.4) is 0 Å². The van der Waals surface area contributed by atoms with E-state index in [9.17, 15) is 9.90 Å². The average Bonchev–Trinajstić information content (AvgIpc) is 3.26. The molecule has 1 saturated heterocycles. The van der Waals surface area contributed by atoms with Gasteiger partial charge in [0.1, 0.15) is 0 Å². The summed E-state index contributed by atoms with van der Waals surface area (Å²) >= 11 is 1.53. The van der Waals surface area contributed by atoms with Crippen LogP contribution in [0.25, 0.3) is 0 Å². The van der Waals surface area contributed by atoms with Crippen LogP contribution in [0.4, 0.5) is 16.2 Å². The van der Waals surface area contributed by atoms with Gasteiger partial charge < -0.3 is 20.6 Å². The Hall–Kier alpha value is -2.05. The third-order valence-electron chi connectivity index (χ3n) is 4.29. The standard InChI is InChI=1S/C18H23N3O2S/c1-13-10-15(4-5-16(13)21-7-2-3-8-21)20-18(23)19-11-17(22)14-6-9-24-12-14/h4-6,9-10,12,17,22H,2-3,7-8,11H2,1H3,(H2,19,20,23)/t17-/m0/s1. The summed E-state index contributed by atoms with van der Waals surface area (Å²) in [7, 11) is 0. The molecule has 0 radical (unpaired) electrons. The SMILES string of the molecule is Cc1cc(NC(=O)NC[C@H](O)c2ccsc2)ccc1N1CCCC1. The van der Waals surface area contributed by atoms with Crippen LogP contribution in [-0.2, 0) is 0 Å². The molecule has 1 aliphatic heterocycles. The topological polar surface area (TPSA) is 64.6 Å². The number of hydrogen-bond acceptors (Lipinski definition) is 4. The number of aliphatic hydroxyl groups is 1. The van der Waals surface area contributed by atoms with Gasteiger partial charge in [-0.05, 0) is 65.9 Å². The molecule has 0 unspecified atom stereocenters. The minimum Gasteiger partial charge on any atom is -0.387 e. The lowest BCUT2D eigenvalue weighted by Gasteiger charge is -2.21. The number of aryl methyl sites for hydroxylation is 1. The number of carbonyl (C=O) groups is 1. The monoisotopic (exact) mass is 345 g/mol. The van der Waals surface area contributed by atoms with E-state index in [0.717, 1.165) is 29.9 Å². The smallest absolute Gasteiger partial charge is 0.319 e. The maximum Gasteiger partial charge on any atom is 0.319 e. The van der Waals surface area contributed by atoms with Gasteiger partial charge in [0.2, 0.25) is 0 Å². The number of amides is 2. The molecule has 1 aromatic carbocycles. The van der Waals surface area contributed by atoms with Gasteiger partial charge in [-0.3, -0.25) is 0 Å². The molecule has 3 rings (SSSR count). The molecule has 3 N–H and O–H groups in total. The highest BCUT2D eigenvalue weighted by atomic mass is 32.1. The zero-order chi connectivity index (χ0) is 16.9. The van der Waals surface area contributed by atoms with Crippen molar-refractivity contribution in [1.29, 1.82) is 0 Å². The molecule has 2 aromatic rings. The van der Waals surface area contributed by atoms with E-state index in [0.29, 0.717) is 0 Å². The number of rotatable bonds is 5. The third-order valence-corrected chi connectivity index (χ3v) is 4.99. The molecule has 0 spiro atoms. The van der Waals surface area contributed by atoms with Gasteiger partial charge in [-0.15, -0.1) is 0 Å². The second-order valence-electron chi connectivity index (χ2n) is 6.10. The van der Waals surface area contributed by atoms with Crippen LogP contribution < -0.4 is 15.5 Å². The number of nitrogens with one attached hydrogen (secondary N) is 2. The van der Waals surface area contributed by atoms with Crippen molar-refractivity contribution in [3.05, 3.63) is 46.2 Å². The van der Waals surface area contributed by atoms with E-state index >= 15 is 0 Å². The fourth-order valence-corrected chi connectivity index (χ4v) is 3.70. The first-order valence-electron chi connectivity index (χ1n) is 8.24. The Morgan fingerprint density at radius 1 is 1.33 bits per heavy atom. The Morgan fingerprint density at radius 3 is 2.79 bits per heavy atom. The molecule has 0 saturated carbocycles. The molecule has 1 atom stereocenters. The molecule has 24 heavy (non-hydrogen) atoms. The van der Waals surface area contributed by atoms with Gasteiger partial charge in [0, 0.05) is 31.0 Å². The number of thiophene rings is 1. The first-order chi connectivity index (χ1) is 11.6. The van der Waals surface area contributed by atoms with Gasteiger partial charge in [0.25, 0.3) is 0 Å². The van der Waals surface area contributed by atoms with E-state index < -0.39 is 6.10 Å². The van der Waals surface area contributed by atoms with E-state index in [1.165, 1.54) is 29.9 Å². The van der Waals surface area contributed by atoms with E-state index in [2.05, 4.69) is 28.5 Å². The van der Waals surface area contributed by atoms with Crippen molar-refractivity contribution in [2.45, 2.75) is 25.9 Å². The second kappa shape index (κ2) is 7.68. The molecular formula is C18H23N3O2S. The number of benzene rings is 1. The Labute approximate surface area is 146 Å². The maximum absolute atomic E-state index is 12.0. The number of nitrogens with zero attached hydrogens (tertiary/aromatic N) is 1. The van der Waals surface area contributed by atoms with Crippen molar-refractivity contribution in [2.24, 2.45) is 0 Å². The second-order valence-corrected chi connectivity index (χ2v) is 6.88. The van der Waals surface area contributed by atoms with Gasteiger partial charge in [-0.2, -0.15) is 11.3 Å². The largest absolute Gasteiger partial charge is 0.387 e. The molecule has 128 valence electrons. The Balaban J connectivity index is 1.53. The van der Waals surface area contributed by atoms with E-state index in [1.54, 1.807) is 0 Å². The van der Waals surface area contributed by atoms with Crippen LogP contribution in [0.15, 0.2) is 35.0 Å². The highest BCUT2D eigenvalue weighted by Crippen LogP contribution is 2.26. The summed E-state index contributed by atoms with van der Waals surface area (Å²) in [4.78, 5) is 14.4. The Kier molecular flexibility index (Phi) is 5.37. The van der Waals surface area contributed by atoms with Crippen LogP contribution in [0.1, 0.15) is 30.1 Å². The summed E-state index contributed by atoms with van der Waals surface area (Å²) in [5, 5.41) is 19.3. The van der Waals surface area contributed by atoms with E-state index in [-0.39, 0.29) is 12.6 Å². The lowest BCUT2D eigenvalue weighted by atomic mass is 10.1. The minimum atomic E-state index is -0.679. The Morgan fingerprint density at radius 2 is 2.12 bits per heavy atom. The highest BCUT2D eigenvalue weighted by Gasteiger charge is 2.15. The molecule has 2 amide bonds. The zero-order valence-electron chi connectivity index (χ0n) is 13.8. The first-order valence-corrected chi connectivity index (χ1v) is 9.18. The molecule has 1 fully saturated rings. The predicted octanol–water partition coefficient (Wildman–Crippen LogP) is 3.51. The quantitative estimate of drug-likeness (QED) is 0.777.